The summed E-state index contributed by atoms with van der Waals surface area (Å²) in [5, 5.41) is 9.52. The summed E-state index contributed by atoms with van der Waals surface area (Å²) in [5.74, 6) is 2.29. The monoisotopic (exact) mass is 775 g/mol. The molecule has 0 spiro atoms. The zero-order valence-electron chi connectivity index (χ0n) is 31.8. The largest absolute Gasteiger partial charge is 0.493 e. The Morgan fingerprint density at radius 1 is 0.603 bits per heavy atom. The number of hydrogen-bond donors (Lipinski definition) is 0. The number of hydrogen-bond acceptors (Lipinski definition) is 10. The Morgan fingerprint density at radius 3 is 2.26 bits per heavy atom. The van der Waals surface area contributed by atoms with Crippen molar-refractivity contribution in [2.45, 2.75) is 32.4 Å². The van der Waals surface area contributed by atoms with Crippen LogP contribution in [0.3, 0.4) is 0 Å². The van der Waals surface area contributed by atoms with Gasteiger partial charge in [0.2, 0.25) is 11.2 Å². The summed E-state index contributed by atoms with van der Waals surface area (Å²) in [6, 6.07) is 40.6. The summed E-state index contributed by atoms with van der Waals surface area (Å²) in [4.78, 5) is 26.2. The molecular weight excluding hydrogens is 735 g/mol. The summed E-state index contributed by atoms with van der Waals surface area (Å²) in [5.41, 5.74) is 4.01. The summed E-state index contributed by atoms with van der Waals surface area (Å²) < 4.78 is 38.0. The molecule has 0 saturated heterocycles. The van der Waals surface area contributed by atoms with Gasteiger partial charge in [0.05, 0.1) is 42.8 Å². The van der Waals surface area contributed by atoms with E-state index in [2.05, 4.69) is 10.3 Å². The molecule has 0 saturated carbocycles. The topological polar surface area (TPSA) is 128 Å². The first-order valence-electron chi connectivity index (χ1n) is 19.3. The van der Waals surface area contributed by atoms with Gasteiger partial charge >= 0.3 is 0 Å². The van der Waals surface area contributed by atoms with Crippen molar-refractivity contribution < 1.29 is 27.8 Å². The number of rotatable bonds is 18. The van der Waals surface area contributed by atoms with Gasteiger partial charge in [-0.05, 0) is 61.2 Å². The minimum atomic E-state index is -0.230. The number of fused-ring (bicyclic) bond motifs is 2. The number of aryl methyl sites for hydroxylation is 1. The van der Waals surface area contributed by atoms with E-state index in [1.807, 2.05) is 97.2 Å². The molecule has 58 heavy (non-hydrogen) atoms. The van der Waals surface area contributed by atoms with Gasteiger partial charge in [-0.3, -0.25) is 9.59 Å². The van der Waals surface area contributed by atoms with E-state index in [4.69, 9.17) is 27.8 Å². The number of benzene rings is 5. The van der Waals surface area contributed by atoms with E-state index < -0.39 is 0 Å². The summed E-state index contributed by atoms with van der Waals surface area (Å²) in [7, 11) is 0. The van der Waals surface area contributed by atoms with Gasteiger partial charge in [0, 0.05) is 29.5 Å². The molecule has 8 rings (SSSR count). The first-order chi connectivity index (χ1) is 28.6. The zero-order valence-corrected chi connectivity index (χ0v) is 31.8. The molecule has 8 aromatic rings. The third-order valence-corrected chi connectivity index (χ3v) is 9.48. The third-order valence-electron chi connectivity index (χ3n) is 9.48. The summed E-state index contributed by atoms with van der Waals surface area (Å²) >= 11 is 0. The number of aromatic nitrogens is 3. The first-order valence-corrected chi connectivity index (χ1v) is 19.3. The lowest BCUT2D eigenvalue weighted by Crippen LogP contribution is -2.12. The average molecular weight is 776 g/mol. The van der Waals surface area contributed by atoms with E-state index in [1.54, 1.807) is 41.1 Å². The molecule has 0 aliphatic rings. The molecule has 3 aromatic heterocycles. The van der Waals surface area contributed by atoms with Gasteiger partial charge in [0.25, 0.3) is 0 Å². The van der Waals surface area contributed by atoms with Crippen LogP contribution in [-0.4, -0.2) is 41.4 Å². The lowest BCUT2D eigenvalue weighted by Gasteiger charge is -2.13. The first kappa shape index (κ1) is 37.9. The van der Waals surface area contributed by atoms with Gasteiger partial charge in [-0.25, -0.2) is 4.68 Å². The molecule has 0 bridgehead atoms. The van der Waals surface area contributed by atoms with Crippen molar-refractivity contribution >= 4 is 21.9 Å². The maximum atomic E-state index is 13.5. The second kappa shape index (κ2) is 18.3. The quantitative estimate of drug-likeness (QED) is 0.0780. The highest BCUT2D eigenvalue weighted by Gasteiger charge is 2.19. The SMILES string of the molecule is O=c1cc(-c2ccccc2)oc2cc(OCCCCc3cn(CCOCCOc4cccc(-c5oc6ccccc6c(=O)c5OCc5ccccc5)c4)nn3)ccc12. The van der Waals surface area contributed by atoms with Crippen LogP contribution >= 0.6 is 0 Å². The van der Waals surface area contributed by atoms with E-state index >= 15 is 0 Å². The molecule has 0 aliphatic heterocycles. The lowest BCUT2D eigenvalue weighted by molar-refractivity contribution is 0.0923. The molecule has 0 atom stereocenters. The molecule has 0 fully saturated rings. The summed E-state index contributed by atoms with van der Waals surface area (Å²) in [6.45, 7) is 2.46. The van der Waals surface area contributed by atoms with E-state index in [0.717, 1.165) is 36.1 Å². The lowest BCUT2D eigenvalue weighted by atomic mass is 10.1. The molecule has 3 heterocycles. The van der Waals surface area contributed by atoms with Gasteiger partial charge < -0.3 is 27.8 Å². The molecule has 11 heteroatoms. The maximum Gasteiger partial charge on any atom is 0.235 e. The Hall–Kier alpha value is -6.98. The smallest absolute Gasteiger partial charge is 0.235 e. The van der Waals surface area contributed by atoms with Crippen LogP contribution in [0.15, 0.2) is 158 Å². The highest BCUT2D eigenvalue weighted by atomic mass is 16.5. The summed E-state index contributed by atoms with van der Waals surface area (Å²) in [6.07, 6.45) is 4.41. The van der Waals surface area contributed by atoms with Crippen molar-refractivity contribution in [2.75, 3.05) is 26.4 Å². The predicted molar refractivity (Wildman–Crippen MR) is 221 cm³/mol. The Labute approximate surface area is 334 Å². The van der Waals surface area contributed by atoms with Crippen LogP contribution in [0.5, 0.6) is 17.2 Å². The van der Waals surface area contributed by atoms with Gasteiger partial charge in [-0.15, -0.1) is 5.10 Å². The fourth-order valence-electron chi connectivity index (χ4n) is 6.51. The molecule has 11 nitrogen and oxygen atoms in total. The molecule has 0 unspecified atom stereocenters. The van der Waals surface area contributed by atoms with Crippen LogP contribution in [0.2, 0.25) is 0 Å². The number of nitrogens with zero attached hydrogens (tertiary/aromatic N) is 3. The van der Waals surface area contributed by atoms with Gasteiger partial charge in [-0.1, -0.05) is 90.1 Å². The fourth-order valence-corrected chi connectivity index (χ4v) is 6.51. The zero-order chi connectivity index (χ0) is 39.5. The van der Waals surface area contributed by atoms with Crippen LogP contribution in [0.4, 0.5) is 0 Å². The number of para-hydroxylation sites is 1. The van der Waals surface area contributed by atoms with E-state index in [0.29, 0.717) is 83.5 Å². The van der Waals surface area contributed by atoms with Crippen LogP contribution in [0.25, 0.3) is 44.6 Å². The van der Waals surface area contributed by atoms with Gasteiger partial charge in [0.1, 0.15) is 41.6 Å². The molecule has 5 aromatic carbocycles. The van der Waals surface area contributed by atoms with Crippen LogP contribution in [0, 0.1) is 0 Å². The fraction of sp³-hybridized carbons (Fsp3) is 0.191. The normalized spacial score (nSPS) is 11.2. The van der Waals surface area contributed by atoms with Crippen molar-refractivity contribution in [1.82, 2.24) is 15.0 Å². The Bertz CT molecular complexity index is 2730. The van der Waals surface area contributed by atoms with Crippen LogP contribution < -0.4 is 25.1 Å². The minimum absolute atomic E-state index is 0.0879. The standard InChI is InChI=1S/C47H41N3O8/c51-41-30-43(34-14-5-2-6-15-34)57-44-29-38(21-22-39(41)44)54-24-10-9-17-36-31-50(49-48-36)23-25-53-26-27-55-37-18-11-16-35(28-37)46-47(56-32-33-12-3-1-4-13-33)45(52)40-19-7-8-20-42(40)58-46/h1-8,11-16,18-22,28-31H,9-10,17,23-27,32H2. The predicted octanol–water partition coefficient (Wildman–Crippen LogP) is 8.90. The molecule has 0 N–H and O–H groups in total. The van der Waals surface area contributed by atoms with E-state index in [-0.39, 0.29) is 23.2 Å². The van der Waals surface area contributed by atoms with Crippen LogP contribution in [0.1, 0.15) is 24.1 Å². The molecule has 292 valence electrons. The van der Waals surface area contributed by atoms with Crippen molar-refractivity contribution in [3.8, 4) is 39.9 Å². The van der Waals surface area contributed by atoms with E-state index in [1.165, 1.54) is 6.07 Å². The maximum absolute atomic E-state index is 13.5. The van der Waals surface area contributed by atoms with Gasteiger partial charge in [0.15, 0.2) is 11.2 Å². The average Bonchev–Trinajstić information content (AvgIpc) is 3.72. The Kier molecular flexibility index (Phi) is 12.0. The second-order valence-corrected chi connectivity index (χ2v) is 13.6. The van der Waals surface area contributed by atoms with Crippen molar-refractivity contribution in [3.05, 3.63) is 171 Å². The minimum Gasteiger partial charge on any atom is -0.493 e. The Balaban J connectivity index is 0.769. The molecule has 0 aliphatic carbocycles. The van der Waals surface area contributed by atoms with Crippen molar-refractivity contribution in [3.63, 3.8) is 0 Å². The Morgan fingerprint density at radius 2 is 1.38 bits per heavy atom. The molecule has 0 amide bonds. The molecule has 0 radical (unpaired) electrons. The molecular formula is C47H41N3O8. The second-order valence-electron chi connectivity index (χ2n) is 13.6. The highest BCUT2D eigenvalue weighted by molar-refractivity contribution is 5.82. The number of ether oxygens (including phenoxy) is 4. The van der Waals surface area contributed by atoms with E-state index in [9.17, 15) is 9.59 Å². The van der Waals surface area contributed by atoms with Crippen molar-refractivity contribution in [2.24, 2.45) is 0 Å². The van der Waals surface area contributed by atoms with Crippen LogP contribution in [-0.2, 0) is 24.3 Å². The number of unbranched alkanes of at least 4 members (excludes halogenated alkanes) is 1. The highest BCUT2D eigenvalue weighted by Crippen LogP contribution is 2.33. The van der Waals surface area contributed by atoms with Crippen molar-refractivity contribution in [1.29, 1.82) is 0 Å². The van der Waals surface area contributed by atoms with Gasteiger partial charge in [-0.2, -0.15) is 0 Å². The third kappa shape index (κ3) is 9.34.